The van der Waals surface area contributed by atoms with Crippen molar-refractivity contribution in [1.82, 2.24) is 4.98 Å². The lowest BCUT2D eigenvalue weighted by molar-refractivity contribution is 0.0696. The van der Waals surface area contributed by atoms with Gasteiger partial charge >= 0.3 is 5.97 Å². The highest BCUT2D eigenvalue weighted by Crippen LogP contribution is 2.17. The maximum absolute atomic E-state index is 13.6. The number of nitrogens with one attached hydrogen (secondary N) is 2. The molecule has 0 saturated heterocycles. The van der Waals surface area contributed by atoms with Gasteiger partial charge < -0.3 is 15.4 Å². The summed E-state index contributed by atoms with van der Waals surface area (Å²) in [4.78, 5) is 36.5. The molecule has 0 fully saturated rings. The minimum Gasteiger partial charge on any atom is -0.478 e. The monoisotopic (exact) mass is 290 g/mol. The molecule has 2 aromatic rings. The number of carboxylic acid groups (broad SMARTS) is 1. The standard InChI is InChI=1S/C14H11FN2O4/c1-7(18)9-5-12(16-6-9)13(19)17-11-4-8(14(20)21)2-3-10(11)15/h2-6,16H,1H3,(H,17,19)(H,20,21). The second-order valence-electron chi connectivity index (χ2n) is 4.31. The van der Waals surface area contributed by atoms with E-state index < -0.39 is 17.7 Å². The number of benzene rings is 1. The van der Waals surface area contributed by atoms with E-state index in [0.717, 1.165) is 18.2 Å². The van der Waals surface area contributed by atoms with Crippen LogP contribution in [0.2, 0.25) is 0 Å². The number of carbonyl (C=O) groups is 3. The van der Waals surface area contributed by atoms with E-state index in [4.69, 9.17) is 5.11 Å². The molecule has 3 N–H and O–H groups in total. The highest BCUT2D eigenvalue weighted by Gasteiger charge is 2.14. The highest BCUT2D eigenvalue weighted by molar-refractivity contribution is 6.05. The normalized spacial score (nSPS) is 10.2. The molecular formula is C14H11FN2O4. The van der Waals surface area contributed by atoms with Crippen LogP contribution >= 0.6 is 0 Å². The number of aromatic amines is 1. The molecule has 1 aromatic carbocycles. The molecule has 0 atom stereocenters. The number of anilines is 1. The third kappa shape index (κ3) is 3.14. The predicted octanol–water partition coefficient (Wildman–Crippen LogP) is 2.31. The van der Waals surface area contributed by atoms with Gasteiger partial charge in [-0.1, -0.05) is 0 Å². The van der Waals surface area contributed by atoms with Crippen LogP contribution in [0.15, 0.2) is 30.5 Å². The van der Waals surface area contributed by atoms with Crippen LogP contribution in [0, 0.1) is 5.82 Å². The first-order valence-corrected chi connectivity index (χ1v) is 5.92. The number of Topliss-reactive ketones (excluding diaryl/α,β-unsaturated/α-hetero) is 1. The Balaban J connectivity index is 2.24. The summed E-state index contributed by atoms with van der Waals surface area (Å²) in [6.45, 7) is 1.35. The third-order valence-electron chi connectivity index (χ3n) is 2.80. The zero-order chi connectivity index (χ0) is 15.6. The summed E-state index contributed by atoms with van der Waals surface area (Å²) in [5, 5.41) is 11.1. The lowest BCUT2D eigenvalue weighted by atomic mass is 10.2. The van der Waals surface area contributed by atoms with Gasteiger partial charge in [-0.15, -0.1) is 0 Å². The first-order valence-electron chi connectivity index (χ1n) is 5.92. The van der Waals surface area contributed by atoms with Crippen LogP contribution in [-0.2, 0) is 0 Å². The van der Waals surface area contributed by atoms with Crippen molar-refractivity contribution in [1.29, 1.82) is 0 Å². The summed E-state index contributed by atoms with van der Waals surface area (Å²) in [5.74, 6) is -2.88. The molecule has 0 aliphatic heterocycles. The SMILES string of the molecule is CC(=O)c1c[nH]c(C(=O)Nc2cc(C(=O)O)ccc2F)c1. The summed E-state index contributed by atoms with van der Waals surface area (Å²) < 4.78 is 13.6. The Morgan fingerprint density at radius 3 is 2.48 bits per heavy atom. The second kappa shape index (κ2) is 5.58. The molecule has 0 aliphatic carbocycles. The van der Waals surface area contributed by atoms with Gasteiger partial charge in [-0.05, 0) is 31.2 Å². The molecule has 0 spiro atoms. The third-order valence-corrected chi connectivity index (χ3v) is 2.80. The number of aromatic nitrogens is 1. The van der Waals surface area contributed by atoms with Crippen LogP contribution in [0.4, 0.5) is 10.1 Å². The molecule has 0 radical (unpaired) electrons. The van der Waals surface area contributed by atoms with Gasteiger partial charge in [0.1, 0.15) is 11.5 Å². The summed E-state index contributed by atoms with van der Waals surface area (Å²) in [7, 11) is 0. The fourth-order valence-corrected chi connectivity index (χ4v) is 1.67. The van der Waals surface area contributed by atoms with E-state index in [9.17, 15) is 18.8 Å². The van der Waals surface area contributed by atoms with E-state index >= 15 is 0 Å². The van der Waals surface area contributed by atoms with Gasteiger partial charge in [0.2, 0.25) is 0 Å². The van der Waals surface area contributed by atoms with E-state index in [1.807, 2.05) is 0 Å². The van der Waals surface area contributed by atoms with Crippen LogP contribution in [0.25, 0.3) is 0 Å². The first kappa shape index (κ1) is 14.4. The molecule has 6 nitrogen and oxygen atoms in total. The van der Waals surface area contributed by atoms with E-state index in [2.05, 4.69) is 10.3 Å². The number of rotatable bonds is 4. The van der Waals surface area contributed by atoms with Crippen molar-refractivity contribution in [3.05, 3.63) is 53.1 Å². The molecule has 0 unspecified atom stereocenters. The Hall–Kier alpha value is -2.96. The lowest BCUT2D eigenvalue weighted by Gasteiger charge is -2.06. The topological polar surface area (TPSA) is 99.3 Å². The van der Waals surface area contributed by atoms with Crippen LogP contribution in [0.3, 0.4) is 0 Å². The first-order chi connectivity index (χ1) is 9.88. The number of carboxylic acids is 1. The minimum absolute atomic E-state index is 0.0697. The number of aromatic carboxylic acids is 1. The number of carbonyl (C=O) groups excluding carboxylic acids is 2. The van der Waals surface area contributed by atoms with Crippen molar-refractivity contribution in [2.24, 2.45) is 0 Å². The largest absolute Gasteiger partial charge is 0.478 e. The Morgan fingerprint density at radius 2 is 1.90 bits per heavy atom. The van der Waals surface area contributed by atoms with Crippen molar-refractivity contribution >= 4 is 23.3 Å². The van der Waals surface area contributed by atoms with Crippen LogP contribution in [-0.4, -0.2) is 27.8 Å². The van der Waals surface area contributed by atoms with Gasteiger partial charge in [-0.2, -0.15) is 0 Å². The summed E-state index contributed by atoms with van der Waals surface area (Å²) >= 11 is 0. The molecule has 108 valence electrons. The van der Waals surface area contributed by atoms with E-state index in [0.29, 0.717) is 5.56 Å². The summed E-state index contributed by atoms with van der Waals surface area (Å²) in [6.07, 6.45) is 1.36. The van der Waals surface area contributed by atoms with E-state index in [1.54, 1.807) is 0 Å². The number of hydrogen-bond acceptors (Lipinski definition) is 3. The molecule has 1 heterocycles. The molecule has 1 amide bonds. The highest BCUT2D eigenvalue weighted by atomic mass is 19.1. The average molecular weight is 290 g/mol. The number of hydrogen-bond donors (Lipinski definition) is 3. The number of halogens is 1. The quantitative estimate of drug-likeness (QED) is 0.752. The van der Waals surface area contributed by atoms with Crippen molar-refractivity contribution in [3.63, 3.8) is 0 Å². The maximum Gasteiger partial charge on any atom is 0.335 e. The molecule has 21 heavy (non-hydrogen) atoms. The molecule has 7 heteroatoms. The number of H-pyrrole nitrogens is 1. The van der Waals surface area contributed by atoms with Crippen molar-refractivity contribution < 1.29 is 23.9 Å². The van der Waals surface area contributed by atoms with Crippen molar-refractivity contribution in [2.45, 2.75) is 6.92 Å². The average Bonchev–Trinajstić information content (AvgIpc) is 2.90. The fraction of sp³-hybridized carbons (Fsp3) is 0.0714. The van der Waals surface area contributed by atoms with Gasteiger partial charge in [0.15, 0.2) is 5.78 Å². The maximum atomic E-state index is 13.6. The minimum atomic E-state index is -1.23. The molecule has 0 bridgehead atoms. The Labute approximate surface area is 118 Å². The van der Waals surface area contributed by atoms with E-state index in [-0.39, 0.29) is 22.7 Å². The smallest absolute Gasteiger partial charge is 0.335 e. The molecule has 0 saturated carbocycles. The molecule has 2 rings (SSSR count). The molecule has 0 aliphatic rings. The van der Waals surface area contributed by atoms with Gasteiger partial charge in [0.25, 0.3) is 5.91 Å². The van der Waals surface area contributed by atoms with E-state index in [1.165, 1.54) is 19.2 Å². The zero-order valence-corrected chi connectivity index (χ0v) is 10.9. The van der Waals surface area contributed by atoms with Crippen molar-refractivity contribution in [3.8, 4) is 0 Å². The fourth-order valence-electron chi connectivity index (χ4n) is 1.67. The van der Waals surface area contributed by atoms with Crippen LogP contribution in [0.1, 0.15) is 38.1 Å². The van der Waals surface area contributed by atoms with Gasteiger partial charge in [0, 0.05) is 11.8 Å². The number of ketones is 1. The Bertz CT molecular complexity index is 736. The van der Waals surface area contributed by atoms with Crippen LogP contribution < -0.4 is 5.32 Å². The van der Waals surface area contributed by atoms with Gasteiger partial charge in [-0.3, -0.25) is 9.59 Å². The predicted molar refractivity (Wildman–Crippen MR) is 72.1 cm³/mol. The van der Waals surface area contributed by atoms with Gasteiger partial charge in [-0.25, -0.2) is 9.18 Å². The Morgan fingerprint density at radius 1 is 1.19 bits per heavy atom. The Kier molecular flexibility index (Phi) is 3.84. The molecule has 1 aromatic heterocycles. The van der Waals surface area contributed by atoms with Crippen molar-refractivity contribution in [2.75, 3.05) is 5.32 Å². The second-order valence-corrected chi connectivity index (χ2v) is 4.31. The van der Waals surface area contributed by atoms with Crippen LogP contribution in [0.5, 0.6) is 0 Å². The zero-order valence-electron chi connectivity index (χ0n) is 10.9. The lowest BCUT2D eigenvalue weighted by Crippen LogP contribution is -2.14. The van der Waals surface area contributed by atoms with Gasteiger partial charge in [0.05, 0.1) is 11.3 Å². The number of amides is 1. The summed E-state index contributed by atoms with van der Waals surface area (Å²) in [5.41, 5.74) is -0.0123. The summed E-state index contributed by atoms with van der Waals surface area (Å²) in [6, 6.07) is 4.39. The molecular weight excluding hydrogens is 279 g/mol.